The fourth-order valence-corrected chi connectivity index (χ4v) is 4.90. The van der Waals surface area contributed by atoms with Gasteiger partial charge in [-0.15, -0.1) is 6.58 Å². The molecule has 4 atom stereocenters. The first-order chi connectivity index (χ1) is 18.0. The third-order valence-corrected chi connectivity index (χ3v) is 7.03. The van der Waals surface area contributed by atoms with E-state index < -0.39 is 17.6 Å². The molecule has 2 N–H and O–H groups in total. The summed E-state index contributed by atoms with van der Waals surface area (Å²) in [6, 6.07) is 17.1. The largest absolute Gasteiger partial charge is 0.497 e. The Labute approximate surface area is 216 Å². The van der Waals surface area contributed by atoms with E-state index in [0.29, 0.717) is 30.9 Å². The number of pyridine rings is 1. The van der Waals surface area contributed by atoms with Crippen LogP contribution in [0.3, 0.4) is 0 Å². The number of ether oxygens (including phenoxy) is 3. The highest BCUT2D eigenvalue weighted by Crippen LogP contribution is 2.45. The van der Waals surface area contributed by atoms with Crippen molar-refractivity contribution in [2.24, 2.45) is 5.92 Å². The van der Waals surface area contributed by atoms with Gasteiger partial charge in [0.25, 0.3) is 0 Å². The van der Waals surface area contributed by atoms with E-state index in [0.717, 1.165) is 22.2 Å². The van der Waals surface area contributed by atoms with E-state index in [1.807, 2.05) is 54.6 Å². The molecule has 1 saturated carbocycles. The lowest BCUT2D eigenvalue weighted by Gasteiger charge is -2.20. The molecule has 2 fully saturated rings. The van der Waals surface area contributed by atoms with Gasteiger partial charge in [0.1, 0.15) is 23.1 Å². The average Bonchev–Trinajstić information content (AvgIpc) is 3.44. The van der Waals surface area contributed by atoms with Crippen molar-refractivity contribution in [1.82, 2.24) is 15.6 Å². The smallest absolute Gasteiger partial charge is 0.332 e. The second kappa shape index (κ2) is 10.2. The third kappa shape index (κ3) is 4.89. The molecule has 3 aromatic rings. The zero-order valence-electron chi connectivity index (χ0n) is 21.0. The molecule has 1 aliphatic heterocycles. The Kier molecular flexibility index (Phi) is 6.84. The van der Waals surface area contributed by atoms with E-state index in [2.05, 4.69) is 17.2 Å². The lowest BCUT2D eigenvalue weighted by molar-refractivity contribution is -0.149. The molecule has 0 radical (unpaired) electrons. The Morgan fingerprint density at radius 2 is 2.03 bits per heavy atom. The van der Waals surface area contributed by atoms with Gasteiger partial charge in [0.2, 0.25) is 5.91 Å². The van der Waals surface area contributed by atoms with Crippen LogP contribution in [-0.4, -0.2) is 54.8 Å². The SMILES string of the molecule is C=C[C@@H]1CC1(NC(=O)[C@@H]1CC(Oc2cc(-c3ccccc3)nc3cc(OC)ccc23)CN1)C(=O)OCC. The van der Waals surface area contributed by atoms with Crippen molar-refractivity contribution in [1.29, 1.82) is 0 Å². The van der Waals surface area contributed by atoms with Crippen molar-refractivity contribution in [2.75, 3.05) is 20.3 Å². The molecule has 1 aliphatic carbocycles. The average molecular weight is 502 g/mol. The van der Waals surface area contributed by atoms with Crippen LogP contribution in [0.1, 0.15) is 19.8 Å². The number of methoxy groups -OCH3 is 1. The van der Waals surface area contributed by atoms with Crippen LogP contribution in [-0.2, 0) is 14.3 Å². The maximum Gasteiger partial charge on any atom is 0.332 e. The van der Waals surface area contributed by atoms with Crippen LogP contribution >= 0.6 is 0 Å². The molecule has 5 rings (SSSR count). The van der Waals surface area contributed by atoms with Crippen LogP contribution < -0.4 is 20.1 Å². The lowest BCUT2D eigenvalue weighted by atomic mass is 10.1. The van der Waals surface area contributed by atoms with E-state index in [-0.39, 0.29) is 24.5 Å². The molecule has 0 bridgehead atoms. The van der Waals surface area contributed by atoms with Crippen molar-refractivity contribution >= 4 is 22.8 Å². The number of carbonyl (C=O) groups excluding carboxylic acids is 2. The van der Waals surface area contributed by atoms with Crippen LogP contribution in [0.2, 0.25) is 0 Å². The number of aromatic nitrogens is 1. The first kappa shape index (κ1) is 24.8. The molecule has 0 spiro atoms. The summed E-state index contributed by atoms with van der Waals surface area (Å²) in [5, 5.41) is 7.03. The van der Waals surface area contributed by atoms with Crippen molar-refractivity contribution < 1.29 is 23.8 Å². The number of carbonyl (C=O) groups is 2. The molecular weight excluding hydrogens is 470 g/mol. The quantitative estimate of drug-likeness (QED) is 0.341. The molecule has 1 amide bonds. The van der Waals surface area contributed by atoms with Gasteiger partial charge >= 0.3 is 5.97 Å². The fraction of sp³-hybridized carbons (Fsp3) is 0.345. The normalized spacial score (nSPS) is 24.3. The van der Waals surface area contributed by atoms with Gasteiger partial charge in [0.05, 0.1) is 31.0 Å². The van der Waals surface area contributed by atoms with Gasteiger partial charge in [-0.25, -0.2) is 9.78 Å². The Morgan fingerprint density at radius 3 is 2.73 bits per heavy atom. The van der Waals surface area contributed by atoms with E-state index in [1.54, 1.807) is 20.1 Å². The molecule has 2 unspecified atom stereocenters. The summed E-state index contributed by atoms with van der Waals surface area (Å²) < 4.78 is 17.1. The number of nitrogens with zero attached hydrogens (tertiary/aromatic N) is 1. The minimum atomic E-state index is -1.01. The van der Waals surface area contributed by atoms with Crippen molar-refractivity contribution in [2.45, 2.75) is 37.5 Å². The number of fused-ring (bicyclic) bond motifs is 1. The van der Waals surface area contributed by atoms with Crippen LogP contribution in [0.25, 0.3) is 22.2 Å². The number of rotatable bonds is 9. The van der Waals surface area contributed by atoms with E-state index in [9.17, 15) is 9.59 Å². The highest BCUT2D eigenvalue weighted by molar-refractivity contribution is 5.94. The first-order valence-corrected chi connectivity index (χ1v) is 12.5. The van der Waals surface area contributed by atoms with Gasteiger partial charge in [-0.3, -0.25) is 4.79 Å². The van der Waals surface area contributed by atoms with Crippen LogP contribution in [0.5, 0.6) is 11.5 Å². The Bertz CT molecular complexity index is 1330. The van der Waals surface area contributed by atoms with Gasteiger partial charge in [0.15, 0.2) is 0 Å². The third-order valence-electron chi connectivity index (χ3n) is 7.03. The maximum atomic E-state index is 13.1. The molecule has 1 saturated heterocycles. The molecule has 192 valence electrons. The summed E-state index contributed by atoms with van der Waals surface area (Å²) in [6.07, 6.45) is 2.42. The molecule has 1 aromatic heterocycles. The van der Waals surface area contributed by atoms with Gasteiger partial charge < -0.3 is 24.8 Å². The molecule has 2 aliphatic rings. The number of esters is 1. The standard InChI is InChI=1S/C29H31N3O5/c1-4-19-16-29(19,28(34)36-5-2)32-27(33)25-14-21(17-30-25)37-26-15-23(18-9-7-6-8-10-18)31-24-13-20(35-3)11-12-22(24)26/h4,6-13,15,19,21,25,30H,1,5,14,16-17H2,2-3H3,(H,32,33)/t19-,21?,25+,29?/m1/s1. The molecule has 8 nitrogen and oxygen atoms in total. The monoisotopic (exact) mass is 501 g/mol. The van der Waals surface area contributed by atoms with Crippen LogP contribution in [0.15, 0.2) is 67.3 Å². The highest BCUT2D eigenvalue weighted by atomic mass is 16.5. The summed E-state index contributed by atoms with van der Waals surface area (Å²) in [7, 11) is 1.62. The zero-order chi connectivity index (χ0) is 26.0. The number of benzene rings is 2. The minimum Gasteiger partial charge on any atom is -0.497 e. The Hall–Kier alpha value is -3.91. The summed E-state index contributed by atoms with van der Waals surface area (Å²) in [5.74, 6) is 0.629. The van der Waals surface area contributed by atoms with Crippen LogP contribution in [0, 0.1) is 5.92 Å². The highest BCUT2D eigenvalue weighted by Gasteiger charge is 2.61. The van der Waals surface area contributed by atoms with E-state index >= 15 is 0 Å². The minimum absolute atomic E-state index is 0.125. The molecule has 37 heavy (non-hydrogen) atoms. The van der Waals surface area contributed by atoms with Crippen molar-refractivity contribution in [3.63, 3.8) is 0 Å². The summed E-state index contributed by atoms with van der Waals surface area (Å²) >= 11 is 0. The predicted octanol–water partition coefficient (Wildman–Crippen LogP) is 3.64. The number of amides is 1. The van der Waals surface area contributed by atoms with Gasteiger partial charge in [-0.05, 0) is 25.5 Å². The summed E-state index contributed by atoms with van der Waals surface area (Å²) in [6.45, 7) is 6.29. The fourth-order valence-electron chi connectivity index (χ4n) is 4.90. The number of nitrogens with one attached hydrogen (secondary N) is 2. The van der Waals surface area contributed by atoms with Gasteiger partial charge in [0, 0.05) is 42.0 Å². The Morgan fingerprint density at radius 1 is 1.22 bits per heavy atom. The maximum absolute atomic E-state index is 13.1. The van der Waals surface area contributed by atoms with E-state index in [4.69, 9.17) is 19.2 Å². The first-order valence-electron chi connectivity index (χ1n) is 12.5. The molecular formula is C29H31N3O5. The second-order valence-corrected chi connectivity index (χ2v) is 9.42. The molecule has 2 aromatic carbocycles. The Balaban J connectivity index is 1.34. The zero-order valence-corrected chi connectivity index (χ0v) is 21.0. The van der Waals surface area contributed by atoms with Crippen LogP contribution in [0.4, 0.5) is 0 Å². The van der Waals surface area contributed by atoms with Gasteiger partial charge in [-0.1, -0.05) is 36.4 Å². The predicted molar refractivity (Wildman–Crippen MR) is 140 cm³/mol. The topological polar surface area (TPSA) is 98.8 Å². The molecule has 8 heteroatoms. The number of hydrogen-bond donors (Lipinski definition) is 2. The molecule has 2 heterocycles. The summed E-state index contributed by atoms with van der Waals surface area (Å²) in [5.41, 5.74) is 1.51. The van der Waals surface area contributed by atoms with Crippen molar-refractivity contribution in [3.05, 3.63) is 67.3 Å². The van der Waals surface area contributed by atoms with Crippen molar-refractivity contribution in [3.8, 4) is 22.8 Å². The summed E-state index contributed by atoms with van der Waals surface area (Å²) in [4.78, 5) is 30.5. The van der Waals surface area contributed by atoms with E-state index in [1.165, 1.54) is 0 Å². The lowest BCUT2D eigenvalue weighted by Crippen LogP contribution is -2.51. The van der Waals surface area contributed by atoms with Gasteiger partial charge in [-0.2, -0.15) is 0 Å². The second-order valence-electron chi connectivity index (χ2n) is 9.42. The number of hydrogen-bond acceptors (Lipinski definition) is 7.